The van der Waals surface area contributed by atoms with Crippen LogP contribution in [0.3, 0.4) is 0 Å². The van der Waals surface area contributed by atoms with Crippen LogP contribution in [0.1, 0.15) is 28.8 Å². The van der Waals surface area contributed by atoms with E-state index >= 15 is 0 Å². The number of nitrogens with zero attached hydrogens (tertiary/aromatic N) is 2. The van der Waals surface area contributed by atoms with Crippen LogP contribution >= 0.6 is 0 Å². The average molecular weight is 269 g/mol. The Labute approximate surface area is 118 Å². The van der Waals surface area contributed by atoms with Crippen LogP contribution in [0.2, 0.25) is 0 Å². The molecule has 0 aliphatic carbocycles. The highest BCUT2D eigenvalue weighted by Crippen LogP contribution is 2.17. The maximum absolute atomic E-state index is 12.2. The molecule has 2 aromatic rings. The van der Waals surface area contributed by atoms with Crippen LogP contribution in [0, 0.1) is 13.8 Å². The van der Waals surface area contributed by atoms with E-state index in [0.29, 0.717) is 6.54 Å². The van der Waals surface area contributed by atoms with Crippen molar-refractivity contribution in [2.24, 2.45) is 0 Å². The van der Waals surface area contributed by atoms with Crippen LogP contribution in [-0.4, -0.2) is 16.3 Å². The number of benzene rings is 1. The van der Waals surface area contributed by atoms with Crippen molar-refractivity contribution in [1.29, 1.82) is 0 Å². The Kier molecular flexibility index (Phi) is 3.30. The molecule has 1 N–H and O–H groups in total. The summed E-state index contributed by atoms with van der Waals surface area (Å²) in [7, 11) is 0. The fourth-order valence-corrected chi connectivity index (χ4v) is 2.59. The van der Waals surface area contributed by atoms with Crippen molar-refractivity contribution in [1.82, 2.24) is 9.78 Å². The molecule has 0 fully saturated rings. The van der Waals surface area contributed by atoms with Gasteiger partial charge >= 0.3 is 0 Å². The fraction of sp³-hybridized carbons (Fsp3) is 0.375. The lowest BCUT2D eigenvalue weighted by Crippen LogP contribution is -2.27. The lowest BCUT2D eigenvalue weighted by Gasteiger charge is -2.18. The first-order valence-corrected chi connectivity index (χ1v) is 7.04. The van der Waals surface area contributed by atoms with E-state index in [4.69, 9.17) is 0 Å². The molecule has 1 aromatic heterocycles. The molecule has 2 heterocycles. The number of fused-ring (bicyclic) bond motifs is 1. The molecule has 0 unspecified atom stereocenters. The van der Waals surface area contributed by atoms with Crippen LogP contribution in [0.5, 0.6) is 0 Å². The molecule has 0 spiro atoms. The van der Waals surface area contributed by atoms with E-state index in [2.05, 4.69) is 42.5 Å². The van der Waals surface area contributed by atoms with E-state index in [-0.39, 0.29) is 5.56 Å². The van der Waals surface area contributed by atoms with Crippen LogP contribution < -0.4 is 10.9 Å². The van der Waals surface area contributed by atoms with Crippen LogP contribution in [0.15, 0.2) is 29.1 Å². The smallest absolute Gasteiger partial charge is 0.269 e. The topological polar surface area (TPSA) is 46.9 Å². The van der Waals surface area contributed by atoms with Crippen molar-refractivity contribution in [2.45, 2.75) is 33.2 Å². The second-order valence-electron chi connectivity index (χ2n) is 5.46. The van der Waals surface area contributed by atoms with Gasteiger partial charge in [-0.25, -0.2) is 4.68 Å². The fourth-order valence-electron chi connectivity index (χ4n) is 2.59. The average Bonchev–Trinajstić information content (AvgIpc) is 2.43. The molecule has 20 heavy (non-hydrogen) atoms. The lowest BCUT2D eigenvalue weighted by atomic mass is 10.1. The van der Waals surface area contributed by atoms with Crippen molar-refractivity contribution in [3.05, 3.63) is 57.0 Å². The molecule has 1 aliphatic rings. The Balaban J connectivity index is 1.98. The van der Waals surface area contributed by atoms with E-state index < -0.39 is 0 Å². The van der Waals surface area contributed by atoms with Gasteiger partial charge in [0.2, 0.25) is 0 Å². The Morgan fingerprint density at radius 3 is 3.00 bits per heavy atom. The van der Waals surface area contributed by atoms with Crippen molar-refractivity contribution in [3.63, 3.8) is 0 Å². The molecule has 1 aliphatic heterocycles. The summed E-state index contributed by atoms with van der Waals surface area (Å²) in [4.78, 5) is 12.2. The Morgan fingerprint density at radius 1 is 1.30 bits per heavy atom. The first-order chi connectivity index (χ1) is 9.63. The number of nitrogens with one attached hydrogen (secondary N) is 1. The largest absolute Gasteiger partial charge is 0.383 e. The minimum atomic E-state index is -0.0425. The molecule has 4 heteroatoms. The summed E-state index contributed by atoms with van der Waals surface area (Å²) in [5.74, 6) is 0. The van der Waals surface area contributed by atoms with Gasteiger partial charge in [-0.15, -0.1) is 0 Å². The highest BCUT2D eigenvalue weighted by Gasteiger charge is 2.13. The molecule has 104 valence electrons. The van der Waals surface area contributed by atoms with Crippen molar-refractivity contribution < 1.29 is 0 Å². The van der Waals surface area contributed by atoms with Gasteiger partial charge in [0.15, 0.2) is 0 Å². The molecular weight excluding hydrogens is 250 g/mol. The predicted octanol–water partition coefficient (Wildman–Crippen LogP) is 2.27. The molecule has 0 atom stereocenters. The normalized spacial score (nSPS) is 13.7. The van der Waals surface area contributed by atoms with Crippen LogP contribution in [0.25, 0.3) is 0 Å². The van der Waals surface area contributed by atoms with Gasteiger partial charge in [0.05, 0.1) is 17.9 Å². The monoisotopic (exact) mass is 269 g/mol. The van der Waals surface area contributed by atoms with Gasteiger partial charge in [-0.3, -0.25) is 4.79 Å². The van der Waals surface area contributed by atoms with Gasteiger partial charge in [-0.05, 0) is 37.8 Å². The van der Waals surface area contributed by atoms with E-state index in [9.17, 15) is 4.79 Å². The molecule has 0 saturated heterocycles. The number of hydrogen-bond acceptors (Lipinski definition) is 3. The number of rotatable bonds is 2. The SMILES string of the molecule is Cc1ccc(C)c(Cn2nc3c(cc2=O)NCCC3)c1. The summed E-state index contributed by atoms with van der Waals surface area (Å²) >= 11 is 0. The summed E-state index contributed by atoms with van der Waals surface area (Å²) in [6.07, 6.45) is 2.01. The number of aromatic nitrogens is 2. The number of anilines is 1. The van der Waals surface area contributed by atoms with Gasteiger partial charge in [-0.2, -0.15) is 5.10 Å². The van der Waals surface area contributed by atoms with Gasteiger partial charge in [0.25, 0.3) is 5.56 Å². The highest BCUT2D eigenvalue weighted by atomic mass is 16.1. The summed E-state index contributed by atoms with van der Waals surface area (Å²) in [5.41, 5.74) is 5.42. The van der Waals surface area contributed by atoms with E-state index in [1.807, 2.05) is 0 Å². The Bertz CT molecular complexity index is 703. The zero-order valence-corrected chi connectivity index (χ0v) is 11.9. The second-order valence-corrected chi connectivity index (χ2v) is 5.46. The standard InChI is InChI=1S/C16H19N3O/c1-11-5-6-12(2)13(8-11)10-19-16(20)9-15-14(18-19)4-3-7-17-15/h5-6,8-9,17H,3-4,7,10H2,1-2H3. The highest BCUT2D eigenvalue weighted by molar-refractivity contribution is 5.48. The van der Waals surface area contributed by atoms with E-state index in [0.717, 1.165) is 36.3 Å². The van der Waals surface area contributed by atoms with Crippen molar-refractivity contribution in [2.75, 3.05) is 11.9 Å². The quantitative estimate of drug-likeness (QED) is 0.909. The van der Waals surface area contributed by atoms with Gasteiger partial charge in [-0.1, -0.05) is 23.8 Å². The van der Waals surface area contributed by atoms with Gasteiger partial charge in [0, 0.05) is 12.6 Å². The third-order valence-corrected chi connectivity index (χ3v) is 3.81. The van der Waals surface area contributed by atoms with Crippen molar-refractivity contribution in [3.8, 4) is 0 Å². The summed E-state index contributed by atoms with van der Waals surface area (Å²) in [6.45, 7) is 5.60. The zero-order valence-electron chi connectivity index (χ0n) is 11.9. The minimum absolute atomic E-state index is 0.0425. The van der Waals surface area contributed by atoms with E-state index in [1.54, 1.807) is 10.7 Å². The minimum Gasteiger partial charge on any atom is -0.383 e. The Morgan fingerprint density at radius 2 is 2.15 bits per heavy atom. The van der Waals surface area contributed by atoms with Gasteiger partial charge < -0.3 is 5.32 Å². The summed E-state index contributed by atoms with van der Waals surface area (Å²) in [6, 6.07) is 7.98. The first kappa shape index (κ1) is 12.9. The third kappa shape index (κ3) is 2.46. The predicted molar refractivity (Wildman–Crippen MR) is 80.3 cm³/mol. The van der Waals surface area contributed by atoms with E-state index in [1.165, 1.54) is 11.1 Å². The first-order valence-electron chi connectivity index (χ1n) is 7.04. The molecule has 1 aromatic carbocycles. The third-order valence-electron chi connectivity index (χ3n) is 3.81. The maximum Gasteiger partial charge on any atom is 0.269 e. The maximum atomic E-state index is 12.2. The zero-order chi connectivity index (χ0) is 14.1. The van der Waals surface area contributed by atoms with Crippen molar-refractivity contribution >= 4 is 5.69 Å². The molecule has 0 amide bonds. The Hall–Kier alpha value is -2.10. The van der Waals surface area contributed by atoms with Gasteiger partial charge in [0.1, 0.15) is 0 Å². The summed E-state index contributed by atoms with van der Waals surface area (Å²) < 4.78 is 1.58. The molecular formula is C16H19N3O. The molecule has 0 bridgehead atoms. The number of aryl methyl sites for hydroxylation is 3. The van der Waals surface area contributed by atoms with Crippen LogP contribution in [0.4, 0.5) is 5.69 Å². The second kappa shape index (κ2) is 5.12. The number of hydrogen-bond donors (Lipinski definition) is 1. The molecule has 0 radical (unpaired) electrons. The molecule has 3 rings (SSSR count). The molecule has 0 saturated carbocycles. The molecule has 4 nitrogen and oxygen atoms in total. The summed E-state index contributed by atoms with van der Waals surface area (Å²) in [5, 5.41) is 7.76. The van der Waals surface area contributed by atoms with Crippen LogP contribution in [-0.2, 0) is 13.0 Å². The lowest BCUT2D eigenvalue weighted by molar-refractivity contribution is 0.606.